The fourth-order valence-corrected chi connectivity index (χ4v) is 1.75. The number of piperidine rings is 1. The molecule has 1 N–H and O–H groups in total. The molecule has 0 unspecified atom stereocenters. The molecule has 7 heteroatoms. The van der Waals surface area contributed by atoms with Gasteiger partial charge in [0.2, 0.25) is 0 Å². The van der Waals surface area contributed by atoms with Crippen LogP contribution in [0.2, 0.25) is 0 Å². The summed E-state index contributed by atoms with van der Waals surface area (Å²) in [4.78, 5) is 2.30. The van der Waals surface area contributed by atoms with Gasteiger partial charge in [-0.3, -0.25) is 0 Å². The molecular formula is C11H24N4W3-2. The SMILES string of the molecule is CN1CC[N-]CC1.CNC1CC[N-]CC1.[W].[W].[W]. The molecule has 0 bridgehead atoms. The monoisotopic (exact) mass is 764 g/mol. The van der Waals surface area contributed by atoms with E-state index in [0.29, 0.717) is 0 Å². The van der Waals surface area contributed by atoms with Gasteiger partial charge in [0.25, 0.3) is 0 Å². The van der Waals surface area contributed by atoms with Gasteiger partial charge >= 0.3 is 0 Å². The predicted molar refractivity (Wildman–Crippen MR) is 65.8 cm³/mol. The van der Waals surface area contributed by atoms with E-state index in [0.717, 1.165) is 45.3 Å². The minimum absolute atomic E-state index is 0. The first-order valence-corrected chi connectivity index (χ1v) is 5.95. The van der Waals surface area contributed by atoms with Crippen LogP contribution in [0, 0.1) is 0 Å². The van der Waals surface area contributed by atoms with Crippen LogP contribution in [0.15, 0.2) is 0 Å². The van der Waals surface area contributed by atoms with E-state index < -0.39 is 0 Å². The van der Waals surface area contributed by atoms with Gasteiger partial charge in [-0.1, -0.05) is 12.8 Å². The third-order valence-corrected chi connectivity index (χ3v) is 2.96. The van der Waals surface area contributed by atoms with Gasteiger partial charge in [0.1, 0.15) is 0 Å². The Labute approximate surface area is 155 Å². The Hall–Kier alpha value is 1.90. The summed E-state index contributed by atoms with van der Waals surface area (Å²) in [6.45, 7) is 6.50. The molecule has 0 aromatic carbocycles. The largest absolute Gasteiger partial charge is 0.662 e. The summed E-state index contributed by atoms with van der Waals surface area (Å²) >= 11 is 0. The number of hydrogen-bond acceptors (Lipinski definition) is 2. The molecule has 0 amide bonds. The van der Waals surface area contributed by atoms with Crippen LogP contribution in [0.4, 0.5) is 0 Å². The first-order chi connectivity index (χ1) is 7.33. The molecule has 108 valence electrons. The molecule has 2 aliphatic rings. The Morgan fingerprint density at radius 3 is 1.61 bits per heavy atom. The molecule has 2 fully saturated rings. The van der Waals surface area contributed by atoms with Gasteiger partial charge in [-0.2, -0.15) is 0 Å². The van der Waals surface area contributed by atoms with Crippen molar-refractivity contribution in [1.82, 2.24) is 10.2 Å². The zero-order valence-electron chi connectivity index (χ0n) is 11.3. The molecule has 2 aliphatic heterocycles. The summed E-state index contributed by atoms with van der Waals surface area (Å²) in [6, 6.07) is 0.743. The van der Waals surface area contributed by atoms with Crippen molar-refractivity contribution >= 4 is 0 Å². The van der Waals surface area contributed by atoms with Crippen LogP contribution in [0.25, 0.3) is 10.6 Å². The topological polar surface area (TPSA) is 43.5 Å². The Morgan fingerprint density at radius 2 is 1.33 bits per heavy atom. The summed E-state index contributed by atoms with van der Waals surface area (Å²) in [5.74, 6) is 0. The van der Waals surface area contributed by atoms with E-state index >= 15 is 0 Å². The molecule has 0 aliphatic carbocycles. The molecule has 2 heterocycles. The Morgan fingerprint density at radius 1 is 0.889 bits per heavy atom. The zero-order valence-corrected chi connectivity index (χ0v) is 20.1. The van der Waals surface area contributed by atoms with Crippen molar-refractivity contribution in [2.24, 2.45) is 0 Å². The van der Waals surface area contributed by atoms with E-state index in [-0.39, 0.29) is 63.2 Å². The molecule has 0 saturated carbocycles. The van der Waals surface area contributed by atoms with Crippen molar-refractivity contribution in [2.45, 2.75) is 18.9 Å². The van der Waals surface area contributed by atoms with Crippen LogP contribution < -0.4 is 5.32 Å². The fraction of sp³-hybridized carbons (Fsp3) is 1.00. The molecule has 0 aromatic rings. The van der Waals surface area contributed by atoms with Gasteiger partial charge in [0.05, 0.1) is 0 Å². The molecule has 2 saturated heterocycles. The van der Waals surface area contributed by atoms with Crippen LogP contribution in [0.5, 0.6) is 0 Å². The van der Waals surface area contributed by atoms with Gasteiger partial charge in [0.15, 0.2) is 0 Å². The quantitative estimate of drug-likeness (QED) is 0.435. The maximum Gasteiger partial charge on any atom is 0.00313 e. The summed E-state index contributed by atoms with van der Waals surface area (Å²) < 4.78 is 0. The molecule has 18 heavy (non-hydrogen) atoms. The Bertz CT molecular complexity index is 151. The van der Waals surface area contributed by atoms with Crippen molar-refractivity contribution < 1.29 is 63.2 Å². The fourth-order valence-electron chi connectivity index (χ4n) is 1.75. The van der Waals surface area contributed by atoms with Crippen LogP contribution in [0.3, 0.4) is 0 Å². The summed E-state index contributed by atoms with van der Waals surface area (Å²) in [7, 11) is 4.16. The second-order valence-electron chi connectivity index (χ2n) is 4.21. The second-order valence-corrected chi connectivity index (χ2v) is 4.21. The normalized spacial score (nSPS) is 20.3. The summed E-state index contributed by atoms with van der Waals surface area (Å²) in [5, 5.41) is 11.7. The molecule has 0 radical (unpaired) electrons. The predicted octanol–water partition coefficient (Wildman–Crippen LogP) is 1.04. The van der Waals surface area contributed by atoms with E-state index in [1.54, 1.807) is 0 Å². The molecular weight excluding hydrogens is 740 g/mol. The average molecular weight is 764 g/mol. The number of rotatable bonds is 1. The number of nitrogens with zero attached hydrogens (tertiary/aromatic N) is 3. The van der Waals surface area contributed by atoms with Crippen molar-refractivity contribution in [3.8, 4) is 0 Å². The van der Waals surface area contributed by atoms with Gasteiger partial charge < -0.3 is 20.9 Å². The maximum atomic E-state index is 4.24. The van der Waals surface area contributed by atoms with Crippen LogP contribution >= 0.6 is 0 Å². The van der Waals surface area contributed by atoms with Crippen LogP contribution in [-0.4, -0.2) is 64.3 Å². The van der Waals surface area contributed by atoms with E-state index in [9.17, 15) is 0 Å². The summed E-state index contributed by atoms with van der Waals surface area (Å²) in [5.41, 5.74) is 0. The standard InChI is InChI=1S/C6H13N2.C5H11N2.3W/c1-7-6-2-4-8-5-3-6;1-7-4-2-6-3-5-7;;;/h6-7H,2-5H2,1H3;2-5H2,1H3;;;/q2*-1;;;. The van der Waals surface area contributed by atoms with Crippen molar-refractivity contribution in [2.75, 3.05) is 53.4 Å². The van der Waals surface area contributed by atoms with Crippen molar-refractivity contribution in [3.05, 3.63) is 10.6 Å². The van der Waals surface area contributed by atoms with Gasteiger partial charge in [-0.25, -0.2) is 0 Å². The summed E-state index contributed by atoms with van der Waals surface area (Å²) in [6.07, 6.45) is 2.47. The molecule has 0 aromatic heterocycles. The molecule has 4 nitrogen and oxygen atoms in total. The first-order valence-electron chi connectivity index (χ1n) is 5.95. The average Bonchev–Trinajstić information content (AvgIpc) is 2.32. The number of piperazine rings is 1. The third-order valence-electron chi connectivity index (χ3n) is 2.96. The van der Waals surface area contributed by atoms with Crippen molar-refractivity contribution in [1.29, 1.82) is 0 Å². The van der Waals surface area contributed by atoms with Gasteiger partial charge in [-0.15, -0.1) is 26.2 Å². The molecule has 0 spiro atoms. The van der Waals surface area contributed by atoms with E-state index in [1.807, 2.05) is 7.05 Å². The van der Waals surface area contributed by atoms with Crippen molar-refractivity contribution in [3.63, 3.8) is 0 Å². The molecule has 0 atom stereocenters. The number of hydrogen-bond donors (Lipinski definition) is 1. The van der Waals surface area contributed by atoms with E-state index in [4.69, 9.17) is 0 Å². The number of likely N-dealkylation sites (N-methyl/N-ethyl adjacent to an activating group) is 1. The van der Waals surface area contributed by atoms with Gasteiger partial charge in [-0.05, 0) is 27.2 Å². The minimum atomic E-state index is 0. The van der Waals surface area contributed by atoms with E-state index in [2.05, 4.69) is 27.9 Å². The third kappa shape index (κ3) is 12.9. The molecule has 2 rings (SSSR count). The number of nitrogens with one attached hydrogen (secondary N) is 1. The minimum Gasteiger partial charge on any atom is -0.662 e. The first kappa shape index (κ1) is 24.9. The Kier molecular flexibility index (Phi) is 23.5. The second kappa shape index (κ2) is 17.0. The maximum absolute atomic E-state index is 4.24. The van der Waals surface area contributed by atoms with E-state index in [1.165, 1.54) is 12.8 Å². The van der Waals surface area contributed by atoms with Gasteiger partial charge in [0, 0.05) is 69.2 Å². The van der Waals surface area contributed by atoms with Crippen LogP contribution in [-0.2, 0) is 63.2 Å². The zero-order chi connectivity index (χ0) is 10.9. The smallest absolute Gasteiger partial charge is 0.00313 e. The Balaban J connectivity index is -0.000000215. The van der Waals surface area contributed by atoms with Crippen LogP contribution in [0.1, 0.15) is 12.8 Å².